The molecule has 1 saturated carbocycles. The summed E-state index contributed by atoms with van der Waals surface area (Å²) in [5.74, 6) is 7.98. The second kappa shape index (κ2) is 11.8. The van der Waals surface area contributed by atoms with Crippen molar-refractivity contribution in [1.29, 1.82) is 0 Å². The quantitative estimate of drug-likeness (QED) is 0.321. The van der Waals surface area contributed by atoms with Crippen LogP contribution in [0, 0.1) is 17.8 Å². The molecule has 0 N–H and O–H groups in total. The largest absolute Gasteiger partial charge is 0.207 e. The van der Waals surface area contributed by atoms with Crippen LogP contribution in [-0.4, -0.2) is 0 Å². The number of rotatable bonds is 7. The number of halogens is 1. The van der Waals surface area contributed by atoms with Gasteiger partial charge in [-0.1, -0.05) is 69.2 Å². The van der Waals surface area contributed by atoms with Gasteiger partial charge < -0.3 is 0 Å². The summed E-state index contributed by atoms with van der Waals surface area (Å²) in [7, 11) is 0. The predicted molar refractivity (Wildman–Crippen MR) is 127 cm³/mol. The Bertz CT molecular complexity index is 853. The number of benzene rings is 2. The van der Waals surface area contributed by atoms with E-state index in [9.17, 15) is 4.39 Å². The summed E-state index contributed by atoms with van der Waals surface area (Å²) in [6.45, 7) is 4.41. The number of unbranched alkanes of at least 4 members (excludes halogenated alkanes) is 2. The summed E-state index contributed by atoms with van der Waals surface area (Å²) in [5.41, 5.74) is 4.05. The van der Waals surface area contributed by atoms with Gasteiger partial charge in [-0.2, -0.15) is 0 Å². The molecule has 0 radical (unpaired) electrons. The lowest BCUT2D eigenvalue weighted by molar-refractivity contribution is 0.308. The van der Waals surface area contributed by atoms with Crippen molar-refractivity contribution in [2.75, 3.05) is 0 Å². The summed E-state index contributed by atoms with van der Waals surface area (Å²) in [6.07, 6.45) is 12.7. The molecule has 0 spiro atoms. The highest BCUT2D eigenvalue weighted by Gasteiger charge is 2.21. The minimum atomic E-state index is -0.137. The maximum atomic E-state index is 14.1. The van der Waals surface area contributed by atoms with E-state index in [1.165, 1.54) is 44.1 Å². The van der Waals surface area contributed by atoms with E-state index in [0.717, 1.165) is 36.3 Å². The van der Waals surface area contributed by atoms with Crippen molar-refractivity contribution in [3.8, 4) is 11.8 Å². The van der Waals surface area contributed by atoms with Crippen molar-refractivity contribution >= 4 is 5.83 Å². The molecule has 0 unspecified atom stereocenters. The van der Waals surface area contributed by atoms with E-state index < -0.39 is 0 Å². The van der Waals surface area contributed by atoms with Crippen LogP contribution < -0.4 is 0 Å². The third-order valence-electron chi connectivity index (χ3n) is 6.32. The first-order valence-corrected chi connectivity index (χ1v) is 11.8. The highest BCUT2D eigenvalue weighted by Crippen LogP contribution is 2.37. The Morgan fingerprint density at radius 2 is 1.47 bits per heavy atom. The molecule has 0 aromatic heterocycles. The van der Waals surface area contributed by atoms with Crippen molar-refractivity contribution in [2.45, 2.75) is 77.6 Å². The van der Waals surface area contributed by atoms with Crippen LogP contribution in [0.25, 0.3) is 5.83 Å². The fourth-order valence-corrected chi connectivity index (χ4v) is 4.44. The van der Waals surface area contributed by atoms with Crippen LogP contribution >= 0.6 is 0 Å². The molecule has 0 saturated heterocycles. The molecule has 30 heavy (non-hydrogen) atoms. The second-order valence-electron chi connectivity index (χ2n) is 8.65. The van der Waals surface area contributed by atoms with Crippen LogP contribution in [-0.2, 0) is 0 Å². The summed E-state index contributed by atoms with van der Waals surface area (Å²) in [6, 6.07) is 16.2. The van der Waals surface area contributed by atoms with Crippen LogP contribution in [0.5, 0.6) is 0 Å². The molecule has 2 aromatic rings. The van der Waals surface area contributed by atoms with Crippen LogP contribution in [0.2, 0.25) is 0 Å². The third-order valence-corrected chi connectivity index (χ3v) is 6.32. The standard InChI is InChI=1S/C29H35F/c1-3-5-6-8-29(30)28-21-15-25(16-22-28)10-9-24-13-19-27(20-14-24)26-17-11-23(7-4-2)12-18-26/h8,13-16,19-23,26H,3-7,11-12,17-18H2,1-2H3/b29-8+. The van der Waals surface area contributed by atoms with E-state index in [2.05, 4.69) is 50.0 Å². The number of allylic oxidation sites excluding steroid dienone is 1. The van der Waals surface area contributed by atoms with Crippen molar-refractivity contribution in [1.82, 2.24) is 0 Å². The van der Waals surface area contributed by atoms with E-state index in [-0.39, 0.29) is 5.83 Å². The van der Waals surface area contributed by atoms with Gasteiger partial charge in [-0.15, -0.1) is 0 Å². The van der Waals surface area contributed by atoms with Gasteiger partial charge in [0.1, 0.15) is 5.83 Å². The van der Waals surface area contributed by atoms with Gasteiger partial charge >= 0.3 is 0 Å². The lowest BCUT2D eigenvalue weighted by Gasteiger charge is -2.28. The van der Waals surface area contributed by atoms with Gasteiger partial charge in [-0.05, 0) is 86.3 Å². The average molecular weight is 403 g/mol. The average Bonchev–Trinajstić information content (AvgIpc) is 2.79. The second-order valence-corrected chi connectivity index (χ2v) is 8.65. The summed E-state index contributed by atoms with van der Waals surface area (Å²) < 4.78 is 14.1. The van der Waals surface area contributed by atoms with Crippen molar-refractivity contribution < 1.29 is 4.39 Å². The molecule has 158 valence electrons. The normalized spacial score (nSPS) is 19.2. The van der Waals surface area contributed by atoms with Crippen LogP contribution in [0.15, 0.2) is 54.6 Å². The summed E-state index contributed by atoms with van der Waals surface area (Å²) in [5, 5.41) is 0. The van der Waals surface area contributed by atoms with Gasteiger partial charge in [-0.3, -0.25) is 0 Å². The van der Waals surface area contributed by atoms with Crippen molar-refractivity contribution in [2.24, 2.45) is 5.92 Å². The molecule has 0 nitrogen and oxygen atoms in total. The Morgan fingerprint density at radius 3 is 2.03 bits per heavy atom. The van der Waals surface area contributed by atoms with Crippen LogP contribution in [0.4, 0.5) is 4.39 Å². The van der Waals surface area contributed by atoms with E-state index in [1.54, 1.807) is 6.08 Å². The maximum Gasteiger partial charge on any atom is 0.126 e. The molecule has 0 aliphatic heterocycles. The zero-order chi connectivity index (χ0) is 21.2. The van der Waals surface area contributed by atoms with Gasteiger partial charge in [-0.25, -0.2) is 4.39 Å². The van der Waals surface area contributed by atoms with Gasteiger partial charge in [0, 0.05) is 16.7 Å². The Hall–Kier alpha value is -2.33. The molecule has 0 bridgehead atoms. The first-order valence-electron chi connectivity index (χ1n) is 11.8. The van der Waals surface area contributed by atoms with Gasteiger partial charge in [0.2, 0.25) is 0 Å². The van der Waals surface area contributed by atoms with Crippen LogP contribution in [0.1, 0.15) is 99.8 Å². The fourth-order valence-electron chi connectivity index (χ4n) is 4.44. The SMILES string of the molecule is CCCC/C=C(/F)c1ccc(C#Cc2ccc(C3CCC(CCC)CC3)cc2)cc1. The Balaban J connectivity index is 1.57. The smallest absolute Gasteiger partial charge is 0.126 e. The molecule has 1 aliphatic carbocycles. The third kappa shape index (κ3) is 6.60. The molecule has 0 amide bonds. The Morgan fingerprint density at radius 1 is 0.867 bits per heavy atom. The first kappa shape index (κ1) is 22.4. The van der Waals surface area contributed by atoms with Crippen LogP contribution in [0.3, 0.4) is 0 Å². The number of hydrogen-bond donors (Lipinski definition) is 0. The Labute approximate surface area is 182 Å². The zero-order valence-corrected chi connectivity index (χ0v) is 18.6. The molecule has 1 fully saturated rings. The van der Waals surface area contributed by atoms with Gasteiger partial charge in [0.25, 0.3) is 0 Å². The van der Waals surface area contributed by atoms with E-state index >= 15 is 0 Å². The Kier molecular flexibility index (Phi) is 8.76. The molecule has 2 aromatic carbocycles. The van der Waals surface area contributed by atoms with Gasteiger partial charge in [0.15, 0.2) is 0 Å². The molecule has 0 heterocycles. The van der Waals surface area contributed by atoms with Crippen molar-refractivity contribution in [3.05, 3.63) is 76.9 Å². The predicted octanol–water partition coefficient (Wildman–Crippen LogP) is 8.66. The topological polar surface area (TPSA) is 0 Å². The minimum absolute atomic E-state index is 0.137. The van der Waals surface area contributed by atoms with E-state index in [0.29, 0.717) is 11.5 Å². The lowest BCUT2D eigenvalue weighted by atomic mass is 9.77. The molecule has 1 heteroatoms. The highest BCUT2D eigenvalue weighted by atomic mass is 19.1. The molecule has 0 atom stereocenters. The first-order chi connectivity index (χ1) is 14.7. The summed E-state index contributed by atoms with van der Waals surface area (Å²) in [4.78, 5) is 0. The molecular formula is C29H35F. The van der Waals surface area contributed by atoms with E-state index in [4.69, 9.17) is 0 Å². The molecule has 1 aliphatic rings. The minimum Gasteiger partial charge on any atom is -0.207 e. The molecular weight excluding hydrogens is 367 g/mol. The highest BCUT2D eigenvalue weighted by molar-refractivity contribution is 5.60. The monoisotopic (exact) mass is 402 g/mol. The summed E-state index contributed by atoms with van der Waals surface area (Å²) >= 11 is 0. The van der Waals surface area contributed by atoms with Crippen molar-refractivity contribution in [3.63, 3.8) is 0 Å². The molecule has 3 rings (SSSR count). The number of hydrogen-bond acceptors (Lipinski definition) is 0. The lowest BCUT2D eigenvalue weighted by Crippen LogP contribution is -2.13. The van der Waals surface area contributed by atoms with E-state index in [1.807, 2.05) is 24.3 Å². The fraction of sp³-hybridized carbons (Fsp3) is 0.448. The van der Waals surface area contributed by atoms with Gasteiger partial charge in [0.05, 0.1) is 0 Å². The zero-order valence-electron chi connectivity index (χ0n) is 18.6. The maximum absolute atomic E-state index is 14.1.